The quantitative estimate of drug-likeness (QED) is 0.568. The van der Waals surface area contributed by atoms with E-state index in [0.29, 0.717) is 0 Å². The predicted octanol–water partition coefficient (Wildman–Crippen LogP) is 3.34. The highest BCUT2D eigenvalue weighted by Gasteiger charge is 2.06. The summed E-state index contributed by atoms with van der Waals surface area (Å²) in [6.07, 6.45) is 5.28. The molecule has 0 aliphatic heterocycles. The van der Waals surface area contributed by atoms with Crippen LogP contribution < -0.4 is 4.68 Å². The summed E-state index contributed by atoms with van der Waals surface area (Å²) >= 11 is 0. The number of hydrogen-bond donors (Lipinski definition) is 1. The van der Waals surface area contributed by atoms with Crippen molar-refractivity contribution in [3.8, 4) is 0 Å². The van der Waals surface area contributed by atoms with Gasteiger partial charge in [-0.1, -0.05) is 52.7 Å². The molecule has 2 aromatic carbocycles. The van der Waals surface area contributed by atoms with E-state index < -0.39 is 0 Å². The molecule has 1 aromatic heterocycles. The lowest BCUT2D eigenvalue weighted by Crippen LogP contribution is -2.30. The van der Waals surface area contributed by atoms with Gasteiger partial charge in [0.1, 0.15) is 6.20 Å². The minimum absolute atomic E-state index is 0.192. The average molecular weight is 263 g/mol. The Balaban J connectivity index is 1.98. The van der Waals surface area contributed by atoms with Gasteiger partial charge >= 0.3 is 0 Å². The fraction of sp³-hybridized carbons (Fsp3) is 0.0588. The van der Waals surface area contributed by atoms with Crippen molar-refractivity contribution in [1.82, 2.24) is 5.10 Å². The fourth-order valence-electron chi connectivity index (χ4n) is 2.05. The van der Waals surface area contributed by atoms with Crippen molar-refractivity contribution in [3.05, 3.63) is 72.1 Å². The third-order valence-electron chi connectivity index (χ3n) is 3.20. The zero-order valence-corrected chi connectivity index (χ0v) is 11.2. The fourth-order valence-corrected chi connectivity index (χ4v) is 2.05. The molecule has 3 aromatic rings. The lowest BCUT2D eigenvalue weighted by atomic mass is 10.1. The Labute approximate surface area is 117 Å². The topological polar surface area (TPSA) is 37.0 Å². The zero-order chi connectivity index (χ0) is 13.9. The molecule has 0 radical (unpaired) electrons. The van der Waals surface area contributed by atoms with Crippen LogP contribution in [0.4, 0.5) is 0 Å². The predicted molar refractivity (Wildman–Crippen MR) is 79.9 cm³/mol. The average Bonchev–Trinajstić information content (AvgIpc) is 2.48. The molecule has 1 heterocycles. The molecule has 0 saturated heterocycles. The van der Waals surface area contributed by atoms with E-state index in [1.54, 1.807) is 17.1 Å². The SMILES string of the molecule is Cc1ccc(/C(O)=C/[n+]2cc3ccccc3cn2)cc1. The van der Waals surface area contributed by atoms with Crippen LogP contribution in [0.3, 0.4) is 0 Å². The van der Waals surface area contributed by atoms with Gasteiger partial charge in [-0.15, -0.1) is 0 Å². The van der Waals surface area contributed by atoms with E-state index in [4.69, 9.17) is 0 Å². The van der Waals surface area contributed by atoms with Gasteiger partial charge in [0.05, 0.1) is 5.39 Å². The summed E-state index contributed by atoms with van der Waals surface area (Å²) in [4.78, 5) is 0. The zero-order valence-electron chi connectivity index (χ0n) is 11.2. The Bertz CT molecular complexity index is 776. The highest BCUT2D eigenvalue weighted by molar-refractivity contribution is 5.79. The number of aliphatic hydroxyl groups is 1. The first kappa shape index (κ1) is 12.4. The third kappa shape index (κ3) is 2.52. The molecular formula is C17H15N2O+. The van der Waals surface area contributed by atoms with E-state index in [1.807, 2.05) is 61.7 Å². The first-order valence-corrected chi connectivity index (χ1v) is 6.46. The van der Waals surface area contributed by atoms with Gasteiger partial charge in [0.2, 0.25) is 12.4 Å². The van der Waals surface area contributed by atoms with Crippen LogP contribution in [0.15, 0.2) is 60.9 Å². The molecule has 0 unspecified atom stereocenters. The second-order valence-electron chi connectivity index (χ2n) is 4.76. The van der Waals surface area contributed by atoms with Gasteiger partial charge in [0.25, 0.3) is 0 Å². The van der Waals surface area contributed by atoms with Crippen molar-refractivity contribution in [2.75, 3.05) is 0 Å². The molecule has 0 spiro atoms. The van der Waals surface area contributed by atoms with Crippen LogP contribution in [0.2, 0.25) is 0 Å². The monoisotopic (exact) mass is 263 g/mol. The maximum absolute atomic E-state index is 10.1. The number of aryl methyl sites for hydroxylation is 1. The smallest absolute Gasteiger partial charge is 0.244 e. The van der Waals surface area contributed by atoms with Gasteiger partial charge in [0.15, 0.2) is 5.76 Å². The lowest BCUT2D eigenvalue weighted by Gasteiger charge is -1.98. The third-order valence-corrected chi connectivity index (χ3v) is 3.20. The van der Waals surface area contributed by atoms with Crippen molar-refractivity contribution < 1.29 is 9.79 Å². The number of nitrogens with zero attached hydrogens (tertiary/aromatic N) is 2. The van der Waals surface area contributed by atoms with E-state index in [9.17, 15) is 5.11 Å². The molecular weight excluding hydrogens is 248 g/mol. The Morgan fingerprint density at radius 1 is 1.05 bits per heavy atom. The van der Waals surface area contributed by atoms with Crippen molar-refractivity contribution in [2.45, 2.75) is 6.92 Å². The van der Waals surface area contributed by atoms with Crippen LogP contribution in [0.5, 0.6) is 0 Å². The molecule has 0 aliphatic carbocycles. The second kappa shape index (κ2) is 5.13. The summed E-state index contributed by atoms with van der Waals surface area (Å²) in [5, 5.41) is 16.6. The second-order valence-corrected chi connectivity index (χ2v) is 4.76. The maximum Gasteiger partial charge on any atom is 0.244 e. The van der Waals surface area contributed by atoms with Crippen molar-refractivity contribution >= 4 is 22.7 Å². The van der Waals surface area contributed by atoms with Gasteiger partial charge in [-0.2, -0.15) is 0 Å². The first-order chi connectivity index (χ1) is 9.72. The van der Waals surface area contributed by atoms with Crippen LogP contribution >= 0.6 is 0 Å². The van der Waals surface area contributed by atoms with E-state index in [2.05, 4.69) is 5.10 Å². The van der Waals surface area contributed by atoms with Crippen molar-refractivity contribution in [3.63, 3.8) is 0 Å². The summed E-state index contributed by atoms with van der Waals surface area (Å²) in [7, 11) is 0. The van der Waals surface area contributed by atoms with Crippen LogP contribution in [-0.2, 0) is 0 Å². The molecule has 0 saturated carbocycles. The summed E-state index contributed by atoms with van der Waals surface area (Å²) < 4.78 is 1.62. The van der Waals surface area contributed by atoms with Crippen LogP contribution in [0.1, 0.15) is 11.1 Å². The summed E-state index contributed by atoms with van der Waals surface area (Å²) in [5.74, 6) is 0.192. The van der Waals surface area contributed by atoms with E-state index in [0.717, 1.165) is 21.9 Å². The molecule has 0 atom stereocenters. The number of aromatic nitrogens is 2. The van der Waals surface area contributed by atoms with Crippen molar-refractivity contribution in [1.29, 1.82) is 0 Å². The normalized spacial score (nSPS) is 11.8. The number of benzene rings is 2. The van der Waals surface area contributed by atoms with Gasteiger partial charge in [-0.3, -0.25) is 0 Å². The molecule has 20 heavy (non-hydrogen) atoms. The number of fused-ring (bicyclic) bond motifs is 1. The molecule has 0 aliphatic rings. The van der Waals surface area contributed by atoms with Gasteiger partial charge in [-0.05, 0) is 18.1 Å². The number of hydrogen-bond acceptors (Lipinski definition) is 2. The Morgan fingerprint density at radius 2 is 1.75 bits per heavy atom. The highest BCUT2D eigenvalue weighted by atomic mass is 16.3. The maximum atomic E-state index is 10.1. The molecule has 3 nitrogen and oxygen atoms in total. The first-order valence-electron chi connectivity index (χ1n) is 6.46. The van der Waals surface area contributed by atoms with Gasteiger partial charge in [-0.25, -0.2) is 0 Å². The molecule has 3 rings (SSSR count). The van der Waals surface area contributed by atoms with Crippen molar-refractivity contribution in [2.24, 2.45) is 0 Å². The van der Waals surface area contributed by atoms with Gasteiger partial charge in [0, 0.05) is 10.9 Å². The standard InChI is InChI=1S/C17H14N2O/c1-13-6-8-14(9-7-13)17(20)12-19-11-16-5-3-2-4-15(16)10-18-19/h2-12H,1H3/p+1. The Kier molecular flexibility index (Phi) is 3.17. The molecule has 1 N–H and O–H groups in total. The number of aliphatic hydroxyl groups excluding tert-OH is 1. The van der Waals surface area contributed by atoms with Crippen LogP contribution in [0.25, 0.3) is 22.7 Å². The molecule has 0 bridgehead atoms. The molecule has 0 amide bonds. The molecule has 3 heteroatoms. The number of rotatable bonds is 2. The lowest BCUT2D eigenvalue weighted by molar-refractivity contribution is -0.632. The van der Waals surface area contributed by atoms with E-state index >= 15 is 0 Å². The van der Waals surface area contributed by atoms with Crippen LogP contribution in [0, 0.1) is 6.92 Å². The summed E-state index contributed by atoms with van der Waals surface area (Å²) in [5.41, 5.74) is 1.94. The Morgan fingerprint density at radius 3 is 2.50 bits per heavy atom. The summed E-state index contributed by atoms with van der Waals surface area (Å²) in [6, 6.07) is 15.7. The summed E-state index contributed by atoms with van der Waals surface area (Å²) in [6.45, 7) is 2.02. The van der Waals surface area contributed by atoms with E-state index in [1.165, 1.54) is 0 Å². The molecule has 0 fully saturated rings. The van der Waals surface area contributed by atoms with Gasteiger partial charge < -0.3 is 5.11 Å². The van der Waals surface area contributed by atoms with Crippen LogP contribution in [-0.4, -0.2) is 10.2 Å². The Hall–Kier alpha value is -2.68. The van der Waals surface area contributed by atoms with E-state index in [-0.39, 0.29) is 5.76 Å². The largest absolute Gasteiger partial charge is 0.502 e. The minimum atomic E-state index is 0.192. The highest BCUT2D eigenvalue weighted by Crippen LogP contribution is 2.12. The molecule has 98 valence electrons. The minimum Gasteiger partial charge on any atom is -0.502 e.